The highest BCUT2D eigenvalue weighted by atomic mass is 16.7. The minimum atomic E-state index is -0.605. The maximum Gasteiger partial charge on any atom is 0.412 e. The zero-order chi connectivity index (χ0) is 19.5. The van der Waals surface area contributed by atoms with E-state index in [0.29, 0.717) is 13.0 Å². The van der Waals surface area contributed by atoms with Gasteiger partial charge in [0.05, 0.1) is 6.42 Å². The summed E-state index contributed by atoms with van der Waals surface area (Å²) >= 11 is 0. The first-order valence-electron chi connectivity index (χ1n) is 9.41. The van der Waals surface area contributed by atoms with Gasteiger partial charge >= 0.3 is 6.09 Å². The maximum absolute atomic E-state index is 12.5. The summed E-state index contributed by atoms with van der Waals surface area (Å²) in [4.78, 5) is 14.0. The van der Waals surface area contributed by atoms with Gasteiger partial charge in [0.25, 0.3) is 0 Å². The molecule has 0 aliphatic carbocycles. The third kappa shape index (κ3) is 3.86. The predicted octanol–water partition coefficient (Wildman–Crippen LogP) is 5.19. The Bertz CT molecular complexity index is 984. The molecule has 28 heavy (non-hydrogen) atoms. The summed E-state index contributed by atoms with van der Waals surface area (Å²) in [5, 5.41) is 0. The Morgan fingerprint density at radius 1 is 1.07 bits per heavy atom. The summed E-state index contributed by atoms with van der Waals surface area (Å²) in [6.07, 6.45) is -0.439. The molecule has 3 aromatic rings. The Kier molecular flexibility index (Phi) is 5.02. The molecule has 0 aromatic heterocycles. The number of hydrogen-bond donors (Lipinski definition) is 0. The molecule has 4 heteroatoms. The van der Waals surface area contributed by atoms with Gasteiger partial charge in [0.1, 0.15) is 5.75 Å². The van der Waals surface area contributed by atoms with E-state index < -0.39 is 12.4 Å². The number of para-hydroxylation sites is 1. The molecule has 4 nitrogen and oxygen atoms in total. The summed E-state index contributed by atoms with van der Waals surface area (Å²) in [6, 6.07) is 24.2. The van der Waals surface area contributed by atoms with Crippen LogP contribution in [0.15, 0.2) is 72.8 Å². The van der Waals surface area contributed by atoms with Crippen molar-refractivity contribution in [1.82, 2.24) is 4.90 Å². The van der Waals surface area contributed by atoms with E-state index in [4.69, 9.17) is 9.47 Å². The van der Waals surface area contributed by atoms with E-state index in [1.807, 2.05) is 54.6 Å². The molecule has 0 fully saturated rings. The van der Waals surface area contributed by atoms with Crippen molar-refractivity contribution in [3.63, 3.8) is 0 Å². The Balaban J connectivity index is 1.45. The molecular formula is C24H23NO3. The Hall–Kier alpha value is -3.27. The zero-order valence-corrected chi connectivity index (χ0v) is 16.1. The average molecular weight is 373 g/mol. The third-order valence-corrected chi connectivity index (χ3v) is 4.87. The van der Waals surface area contributed by atoms with E-state index in [0.717, 1.165) is 28.0 Å². The largest absolute Gasteiger partial charge is 0.453 e. The second-order valence-electron chi connectivity index (χ2n) is 7.14. The fraction of sp³-hybridized carbons (Fsp3) is 0.208. The van der Waals surface area contributed by atoms with E-state index in [1.165, 1.54) is 5.56 Å². The number of benzene rings is 3. The number of amides is 1. The first-order valence-corrected chi connectivity index (χ1v) is 9.41. The number of fused-ring (bicyclic) bond motifs is 1. The van der Waals surface area contributed by atoms with E-state index in [1.54, 1.807) is 11.9 Å². The quantitative estimate of drug-likeness (QED) is 0.632. The van der Waals surface area contributed by atoms with Crippen LogP contribution in [0, 0.1) is 6.92 Å². The molecule has 0 saturated carbocycles. The molecule has 4 rings (SSSR count). The number of carbonyl (C=O) groups is 1. The van der Waals surface area contributed by atoms with Crippen molar-refractivity contribution in [2.24, 2.45) is 0 Å². The van der Waals surface area contributed by atoms with Crippen LogP contribution in [0.4, 0.5) is 4.79 Å². The first kappa shape index (κ1) is 18.1. The van der Waals surface area contributed by atoms with Gasteiger partial charge in [0.15, 0.2) is 0 Å². The molecule has 0 saturated heterocycles. The van der Waals surface area contributed by atoms with Crippen LogP contribution in [0.5, 0.6) is 5.75 Å². The molecular weight excluding hydrogens is 350 g/mol. The van der Waals surface area contributed by atoms with Gasteiger partial charge in [0.2, 0.25) is 6.29 Å². The molecule has 0 radical (unpaired) electrons. The summed E-state index contributed by atoms with van der Waals surface area (Å²) in [7, 11) is 1.73. The van der Waals surface area contributed by atoms with Crippen LogP contribution in [-0.2, 0) is 17.7 Å². The number of aryl methyl sites for hydroxylation is 1. The molecule has 142 valence electrons. The van der Waals surface area contributed by atoms with Crippen LogP contribution in [-0.4, -0.2) is 24.3 Å². The van der Waals surface area contributed by atoms with Crippen molar-refractivity contribution in [1.29, 1.82) is 0 Å². The van der Waals surface area contributed by atoms with Gasteiger partial charge in [-0.15, -0.1) is 0 Å². The van der Waals surface area contributed by atoms with Gasteiger partial charge < -0.3 is 14.4 Å². The topological polar surface area (TPSA) is 38.8 Å². The van der Waals surface area contributed by atoms with Gasteiger partial charge in [-0.25, -0.2) is 4.79 Å². The minimum Gasteiger partial charge on any atom is -0.453 e. The molecule has 1 aliphatic rings. The van der Waals surface area contributed by atoms with Crippen molar-refractivity contribution >= 4 is 6.09 Å². The number of ether oxygens (including phenoxy) is 2. The van der Waals surface area contributed by atoms with Crippen LogP contribution >= 0.6 is 0 Å². The lowest BCUT2D eigenvalue weighted by molar-refractivity contribution is -0.0301. The molecule has 0 N–H and O–H groups in total. The molecule has 1 aliphatic heterocycles. The Labute approximate surface area is 165 Å². The molecule has 1 amide bonds. The lowest BCUT2D eigenvalue weighted by Gasteiger charge is -2.20. The fourth-order valence-electron chi connectivity index (χ4n) is 3.47. The van der Waals surface area contributed by atoms with E-state index >= 15 is 0 Å². The first-order chi connectivity index (χ1) is 13.6. The lowest BCUT2D eigenvalue weighted by atomic mass is 10.00. The fourth-order valence-corrected chi connectivity index (χ4v) is 3.47. The molecule has 1 heterocycles. The van der Waals surface area contributed by atoms with Gasteiger partial charge in [-0.2, -0.15) is 0 Å². The van der Waals surface area contributed by atoms with E-state index in [2.05, 4.69) is 25.1 Å². The highest BCUT2D eigenvalue weighted by Crippen LogP contribution is 2.39. The molecule has 1 unspecified atom stereocenters. The van der Waals surface area contributed by atoms with Crippen molar-refractivity contribution in [2.75, 3.05) is 7.05 Å². The predicted molar refractivity (Wildman–Crippen MR) is 109 cm³/mol. The van der Waals surface area contributed by atoms with Crippen LogP contribution in [0.25, 0.3) is 11.1 Å². The van der Waals surface area contributed by atoms with Gasteiger partial charge in [-0.3, -0.25) is 0 Å². The highest BCUT2D eigenvalue weighted by Gasteiger charge is 2.29. The molecule has 3 aromatic carbocycles. The van der Waals surface area contributed by atoms with Crippen molar-refractivity contribution in [3.05, 3.63) is 89.5 Å². The smallest absolute Gasteiger partial charge is 0.412 e. The normalized spacial score (nSPS) is 14.9. The number of nitrogens with zero attached hydrogens (tertiary/aromatic N) is 1. The van der Waals surface area contributed by atoms with Crippen molar-refractivity contribution in [3.8, 4) is 16.9 Å². The Morgan fingerprint density at radius 3 is 2.64 bits per heavy atom. The molecule has 1 atom stereocenters. The minimum absolute atomic E-state index is 0.390. The van der Waals surface area contributed by atoms with Crippen molar-refractivity contribution < 1.29 is 14.3 Å². The maximum atomic E-state index is 12.5. The van der Waals surface area contributed by atoms with E-state index in [9.17, 15) is 4.79 Å². The molecule has 0 bridgehead atoms. The highest BCUT2D eigenvalue weighted by molar-refractivity contribution is 5.74. The second kappa shape index (κ2) is 7.77. The third-order valence-electron chi connectivity index (χ3n) is 4.87. The second-order valence-corrected chi connectivity index (χ2v) is 7.14. The standard InChI is InChI=1S/C24H23NO3/c1-17-8-6-11-19(14-17)21-13-7-12-20-15-22(27-23(20)21)28-24(26)25(2)16-18-9-4-3-5-10-18/h3-14,22H,15-16H2,1-2H3. The number of rotatable bonds is 4. The zero-order valence-electron chi connectivity index (χ0n) is 16.1. The average Bonchev–Trinajstić information content (AvgIpc) is 3.11. The van der Waals surface area contributed by atoms with E-state index in [-0.39, 0.29) is 0 Å². The van der Waals surface area contributed by atoms with Crippen LogP contribution in [0.2, 0.25) is 0 Å². The number of hydrogen-bond acceptors (Lipinski definition) is 3. The summed E-state index contributed by atoms with van der Waals surface area (Å²) in [5.74, 6) is 0.802. The SMILES string of the molecule is Cc1cccc(-c2cccc3c2OC(OC(=O)N(C)Cc2ccccc2)C3)c1. The van der Waals surface area contributed by atoms with Crippen LogP contribution < -0.4 is 4.74 Å². The Morgan fingerprint density at radius 2 is 1.86 bits per heavy atom. The van der Waals surface area contributed by atoms with Gasteiger partial charge in [-0.1, -0.05) is 78.4 Å². The number of carbonyl (C=O) groups excluding carboxylic acids is 1. The van der Waals surface area contributed by atoms with Crippen LogP contribution in [0.3, 0.4) is 0 Å². The molecule has 0 spiro atoms. The van der Waals surface area contributed by atoms with Crippen LogP contribution in [0.1, 0.15) is 16.7 Å². The van der Waals surface area contributed by atoms with Gasteiger partial charge in [0, 0.05) is 24.7 Å². The summed E-state index contributed by atoms with van der Waals surface area (Å²) in [5.41, 5.74) is 5.43. The summed E-state index contributed by atoms with van der Waals surface area (Å²) < 4.78 is 11.6. The van der Waals surface area contributed by atoms with Crippen molar-refractivity contribution in [2.45, 2.75) is 26.2 Å². The monoisotopic (exact) mass is 373 g/mol. The lowest BCUT2D eigenvalue weighted by Crippen LogP contribution is -2.32. The van der Waals surface area contributed by atoms with Gasteiger partial charge in [-0.05, 0) is 18.1 Å². The summed E-state index contributed by atoms with van der Waals surface area (Å²) in [6.45, 7) is 2.56.